The molecule has 0 amide bonds. The van der Waals surface area contributed by atoms with Gasteiger partial charge < -0.3 is 10.3 Å². The largest absolute Gasteiger partial charge is 0.334 e. The Morgan fingerprint density at radius 3 is 2.93 bits per heavy atom. The molecule has 0 bridgehead atoms. The molecule has 0 atom stereocenters. The lowest BCUT2D eigenvalue weighted by Gasteiger charge is -1.97. The first-order valence-electron chi connectivity index (χ1n) is 4.95. The topological polar surface area (TPSA) is 64.9 Å². The standard InChI is InChI=1S/C11H13N3O/c1-2-10-13-11(15-14-10)9-5-3-4-8(6-9)7-12/h3-6H,2,7,12H2,1H3. The van der Waals surface area contributed by atoms with Gasteiger partial charge in [0.2, 0.25) is 0 Å². The third-order valence-electron chi connectivity index (χ3n) is 2.19. The molecule has 2 rings (SSSR count). The summed E-state index contributed by atoms with van der Waals surface area (Å²) in [5.74, 6) is 1.28. The van der Waals surface area contributed by atoms with E-state index in [0.29, 0.717) is 12.4 Å². The lowest BCUT2D eigenvalue weighted by molar-refractivity contribution is 0.423. The summed E-state index contributed by atoms with van der Waals surface area (Å²) in [4.78, 5) is 4.26. The molecule has 0 spiro atoms. The Labute approximate surface area is 88.1 Å². The first kappa shape index (κ1) is 9.86. The quantitative estimate of drug-likeness (QED) is 0.825. The van der Waals surface area contributed by atoms with Crippen molar-refractivity contribution in [1.82, 2.24) is 10.1 Å². The molecule has 0 radical (unpaired) electrons. The van der Waals surface area contributed by atoms with E-state index in [0.717, 1.165) is 23.4 Å². The molecule has 0 saturated carbocycles. The van der Waals surface area contributed by atoms with E-state index in [1.807, 2.05) is 31.2 Å². The van der Waals surface area contributed by atoms with Crippen molar-refractivity contribution in [3.05, 3.63) is 35.7 Å². The van der Waals surface area contributed by atoms with Crippen LogP contribution in [0.2, 0.25) is 0 Å². The van der Waals surface area contributed by atoms with Crippen LogP contribution < -0.4 is 5.73 Å². The Balaban J connectivity index is 2.35. The Kier molecular flexibility index (Phi) is 2.78. The predicted molar refractivity (Wildman–Crippen MR) is 57.0 cm³/mol. The van der Waals surface area contributed by atoms with E-state index < -0.39 is 0 Å². The van der Waals surface area contributed by atoms with Crippen molar-refractivity contribution < 1.29 is 4.52 Å². The average molecular weight is 203 g/mol. The van der Waals surface area contributed by atoms with E-state index in [2.05, 4.69) is 10.1 Å². The molecule has 1 heterocycles. The molecule has 0 aliphatic carbocycles. The van der Waals surface area contributed by atoms with Crippen molar-refractivity contribution in [2.24, 2.45) is 5.73 Å². The molecule has 4 heteroatoms. The predicted octanol–water partition coefficient (Wildman–Crippen LogP) is 1.76. The zero-order valence-corrected chi connectivity index (χ0v) is 8.60. The van der Waals surface area contributed by atoms with Gasteiger partial charge in [-0.25, -0.2) is 0 Å². The third kappa shape index (κ3) is 2.05. The van der Waals surface area contributed by atoms with Crippen LogP contribution in [0.5, 0.6) is 0 Å². The van der Waals surface area contributed by atoms with Gasteiger partial charge in [-0.3, -0.25) is 0 Å². The second-order valence-electron chi connectivity index (χ2n) is 3.27. The number of aromatic nitrogens is 2. The number of hydrogen-bond acceptors (Lipinski definition) is 4. The number of aryl methyl sites for hydroxylation is 1. The van der Waals surface area contributed by atoms with Crippen LogP contribution in [0.1, 0.15) is 18.3 Å². The third-order valence-corrected chi connectivity index (χ3v) is 2.19. The van der Waals surface area contributed by atoms with Crippen LogP contribution in [-0.2, 0) is 13.0 Å². The fourth-order valence-corrected chi connectivity index (χ4v) is 1.35. The zero-order valence-electron chi connectivity index (χ0n) is 8.60. The van der Waals surface area contributed by atoms with Crippen molar-refractivity contribution >= 4 is 0 Å². The summed E-state index contributed by atoms with van der Waals surface area (Å²) in [7, 11) is 0. The van der Waals surface area contributed by atoms with E-state index in [1.54, 1.807) is 0 Å². The Morgan fingerprint density at radius 2 is 2.27 bits per heavy atom. The Bertz CT molecular complexity index is 451. The smallest absolute Gasteiger partial charge is 0.257 e. The van der Waals surface area contributed by atoms with Gasteiger partial charge in [0.25, 0.3) is 5.89 Å². The SMILES string of the molecule is CCc1noc(-c2cccc(CN)c2)n1. The van der Waals surface area contributed by atoms with Crippen LogP contribution in [0.25, 0.3) is 11.5 Å². The Morgan fingerprint density at radius 1 is 1.40 bits per heavy atom. The molecule has 0 fully saturated rings. The fraction of sp³-hybridized carbons (Fsp3) is 0.273. The first-order chi connectivity index (χ1) is 7.33. The van der Waals surface area contributed by atoms with Crippen molar-refractivity contribution in [2.45, 2.75) is 19.9 Å². The minimum absolute atomic E-state index is 0.516. The molecule has 1 aromatic carbocycles. The molecule has 1 aromatic heterocycles. The fourth-order valence-electron chi connectivity index (χ4n) is 1.35. The van der Waals surface area contributed by atoms with E-state index in [-0.39, 0.29) is 0 Å². The van der Waals surface area contributed by atoms with Gasteiger partial charge in [-0.15, -0.1) is 0 Å². The lowest BCUT2D eigenvalue weighted by Crippen LogP contribution is -1.95. The number of nitrogens with zero attached hydrogens (tertiary/aromatic N) is 2. The summed E-state index contributed by atoms with van der Waals surface area (Å²) < 4.78 is 5.14. The van der Waals surface area contributed by atoms with Gasteiger partial charge in [-0.05, 0) is 17.7 Å². The highest BCUT2D eigenvalue weighted by Gasteiger charge is 2.07. The molecule has 2 N–H and O–H groups in total. The maximum Gasteiger partial charge on any atom is 0.257 e. The monoisotopic (exact) mass is 203 g/mol. The summed E-state index contributed by atoms with van der Waals surface area (Å²) in [5, 5.41) is 3.85. The van der Waals surface area contributed by atoms with Crippen LogP contribution in [-0.4, -0.2) is 10.1 Å². The molecular formula is C11H13N3O. The maximum atomic E-state index is 5.56. The summed E-state index contributed by atoms with van der Waals surface area (Å²) in [6, 6.07) is 7.81. The number of benzene rings is 1. The molecule has 0 aliphatic rings. The second kappa shape index (κ2) is 4.23. The molecule has 0 saturated heterocycles. The van der Waals surface area contributed by atoms with Gasteiger partial charge in [0.05, 0.1) is 0 Å². The summed E-state index contributed by atoms with van der Waals surface area (Å²) >= 11 is 0. The van der Waals surface area contributed by atoms with Crippen LogP contribution >= 0.6 is 0 Å². The summed E-state index contributed by atoms with van der Waals surface area (Å²) in [6.07, 6.45) is 0.778. The maximum absolute atomic E-state index is 5.56. The molecule has 4 nitrogen and oxygen atoms in total. The Hall–Kier alpha value is -1.68. The molecule has 0 aliphatic heterocycles. The van der Waals surface area contributed by atoms with Crippen LogP contribution in [0.3, 0.4) is 0 Å². The number of nitrogens with two attached hydrogens (primary N) is 1. The normalized spacial score (nSPS) is 10.5. The van der Waals surface area contributed by atoms with Gasteiger partial charge in [-0.2, -0.15) is 4.98 Å². The van der Waals surface area contributed by atoms with Gasteiger partial charge in [-0.1, -0.05) is 24.2 Å². The van der Waals surface area contributed by atoms with Crippen LogP contribution in [0, 0.1) is 0 Å². The highest BCUT2D eigenvalue weighted by Crippen LogP contribution is 2.18. The number of hydrogen-bond donors (Lipinski definition) is 1. The minimum atomic E-state index is 0.516. The lowest BCUT2D eigenvalue weighted by atomic mass is 10.1. The van der Waals surface area contributed by atoms with Gasteiger partial charge in [0, 0.05) is 18.5 Å². The van der Waals surface area contributed by atoms with E-state index in [4.69, 9.17) is 10.3 Å². The number of rotatable bonds is 3. The molecule has 2 aromatic rings. The molecule has 0 unspecified atom stereocenters. The van der Waals surface area contributed by atoms with E-state index in [1.165, 1.54) is 0 Å². The van der Waals surface area contributed by atoms with Crippen LogP contribution in [0.15, 0.2) is 28.8 Å². The van der Waals surface area contributed by atoms with E-state index >= 15 is 0 Å². The first-order valence-corrected chi connectivity index (χ1v) is 4.95. The van der Waals surface area contributed by atoms with Crippen molar-refractivity contribution in [1.29, 1.82) is 0 Å². The van der Waals surface area contributed by atoms with Gasteiger partial charge in [0.15, 0.2) is 5.82 Å². The molecule has 15 heavy (non-hydrogen) atoms. The highest BCUT2D eigenvalue weighted by molar-refractivity contribution is 5.53. The zero-order chi connectivity index (χ0) is 10.7. The van der Waals surface area contributed by atoms with Crippen molar-refractivity contribution in [3.8, 4) is 11.5 Å². The second-order valence-corrected chi connectivity index (χ2v) is 3.27. The van der Waals surface area contributed by atoms with Gasteiger partial charge >= 0.3 is 0 Å². The van der Waals surface area contributed by atoms with Crippen molar-refractivity contribution in [3.63, 3.8) is 0 Å². The molecular weight excluding hydrogens is 190 g/mol. The average Bonchev–Trinajstić information content (AvgIpc) is 2.78. The summed E-state index contributed by atoms with van der Waals surface area (Å²) in [6.45, 7) is 2.51. The minimum Gasteiger partial charge on any atom is -0.334 e. The van der Waals surface area contributed by atoms with E-state index in [9.17, 15) is 0 Å². The van der Waals surface area contributed by atoms with Gasteiger partial charge in [0.1, 0.15) is 0 Å². The van der Waals surface area contributed by atoms with Crippen LogP contribution in [0.4, 0.5) is 0 Å². The van der Waals surface area contributed by atoms with Crippen molar-refractivity contribution in [2.75, 3.05) is 0 Å². The summed E-state index contributed by atoms with van der Waals surface area (Å²) in [5.41, 5.74) is 7.54. The molecule has 78 valence electrons. The highest BCUT2D eigenvalue weighted by atomic mass is 16.5.